The lowest BCUT2D eigenvalue weighted by molar-refractivity contribution is -0.172. The highest BCUT2D eigenvalue weighted by Gasteiger charge is 2.54. The van der Waals surface area contributed by atoms with Crippen molar-refractivity contribution in [3.8, 4) is 11.5 Å². The van der Waals surface area contributed by atoms with Gasteiger partial charge in [0.25, 0.3) is 0 Å². The standard InChI is InChI=1S/C27H24FNO6/c28-19-10-6-17(7-11-19)15-29(25(30)22-14-23(26(31)32)24(22)27(33)34)16-18-8-12-21(13-9-18)35-20-4-2-1-3-5-20/h1-13,22-24H,14-16H2,(H,31,32)(H,33,34). The van der Waals surface area contributed by atoms with Crippen molar-refractivity contribution in [3.63, 3.8) is 0 Å². The Balaban J connectivity index is 1.52. The van der Waals surface area contributed by atoms with Gasteiger partial charge in [-0.15, -0.1) is 0 Å². The van der Waals surface area contributed by atoms with E-state index < -0.39 is 41.4 Å². The Morgan fingerprint density at radius 3 is 1.86 bits per heavy atom. The topological polar surface area (TPSA) is 104 Å². The smallest absolute Gasteiger partial charge is 0.308 e. The van der Waals surface area contributed by atoms with Gasteiger partial charge in [0.1, 0.15) is 17.3 Å². The van der Waals surface area contributed by atoms with Crippen LogP contribution >= 0.6 is 0 Å². The Hall–Kier alpha value is -4.20. The number of benzene rings is 3. The zero-order chi connectivity index (χ0) is 24.9. The number of carboxylic acids is 2. The summed E-state index contributed by atoms with van der Waals surface area (Å²) < 4.78 is 19.2. The van der Waals surface area contributed by atoms with Gasteiger partial charge in [-0.3, -0.25) is 14.4 Å². The molecule has 0 aromatic heterocycles. The van der Waals surface area contributed by atoms with E-state index >= 15 is 0 Å². The molecule has 8 heteroatoms. The van der Waals surface area contributed by atoms with Gasteiger partial charge in [0, 0.05) is 13.1 Å². The number of ether oxygens (including phenoxy) is 1. The average molecular weight is 477 g/mol. The largest absolute Gasteiger partial charge is 0.481 e. The maximum absolute atomic E-state index is 13.4. The minimum atomic E-state index is -1.30. The molecule has 1 aliphatic carbocycles. The van der Waals surface area contributed by atoms with Crippen LogP contribution in [0.3, 0.4) is 0 Å². The highest BCUT2D eigenvalue weighted by molar-refractivity contribution is 5.91. The molecule has 1 amide bonds. The molecular formula is C27H24FNO6. The first-order chi connectivity index (χ1) is 16.8. The first kappa shape index (κ1) is 23.9. The van der Waals surface area contributed by atoms with E-state index in [2.05, 4.69) is 0 Å². The summed E-state index contributed by atoms with van der Waals surface area (Å²) in [5.41, 5.74) is 1.45. The molecule has 2 N–H and O–H groups in total. The van der Waals surface area contributed by atoms with E-state index in [1.165, 1.54) is 17.0 Å². The van der Waals surface area contributed by atoms with Crippen molar-refractivity contribution < 1.29 is 33.7 Å². The summed E-state index contributed by atoms with van der Waals surface area (Å²) in [5.74, 6) is -5.38. The minimum Gasteiger partial charge on any atom is -0.481 e. The summed E-state index contributed by atoms with van der Waals surface area (Å²) in [5, 5.41) is 18.8. The molecule has 0 bridgehead atoms. The maximum atomic E-state index is 13.4. The van der Waals surface area contributed by atoms with Crippen molar-refractivity contribution in [1.82, 2.24) is 4.90 Å². The molecule has 3 aromatic carbocycles. The van der Waals surface area contributed by atoms with Crippen LogP contribution in [-0.4, -0.2) is 33.0 Å². The van der Waals surface area contributed by atoms with Crippen molar-refractivity contribution in [2.24, 2.45) is 17.8 Å². The quantitative estimate of drug-likeness (QED) is 0.468. The second-order valence-electron chi connectivity index (χ2n) is 8.53. The third kappa shape index (κ3) is 5.66. The number of hydrogen-bond acceptors (Lipinski definition) is 4. The van der Waals surface area contributed by atoms with Crippen LogP contribution in [0.1, 0.15) is 17.5 Å². The monoisotopic (exact) mass is 477 g/mol. The SMILES string of the molecule is O=C(O)C1CC(C(=O)N(Cc2ccc(F)cc2)Cc2ccc(Oc3ccccc3)cc2)C1C(=O)O. The van der Waals surface area contributed by atoms with Crippen LogP contribution in [-0.2, 0) is 27.5 Å². The van der Waals surface area contributed by atoms with Gasteiger partial charge in [-0.2, -0.15) is 0 Å². The molecule has 35 heavy (non-hydrogen) atoms. The molecule has 1 saturated carbocycles. The van der Waals surface area contributed by atoms with Crippen LogP contribution in [0.15, 0.2) is 78.9 Å². The zero-order valence-corrected chi connectivity index (χ0v) is 18.7. The molecular weight excluding hydrogens is 453 g/mol. The summed E-state index contributed by atoms with van der Waals surface area (Å²) >= 11 is 0. The molecule has 3 unspecified atom stereocenters. The summed E-state index contributed by atoms with van der Waals surface area (Å²) in [6, 6.07) is 22.1. The van der Waals surface area contributed by atoms with Gasteiger partial charge in [-0.25, -0.2) is 4.39 Å². The number of nitrogens with zero attached hydrogens (tertiary/aromatic N) is 1. The van der Waals surface area contributed by atoms with E-state index in [0.29, 0.717) is 17.1 Å². The highest BCUT2D eigenvalue weighted by Crippen LogP contribution is 2.42. The molecule has 0 aliphatic heterocycles. The van der Waals surface area contributed by atoms with Crippen molar-refractivity contribution in [2.45, 2.75) is 19.5 Å². The van der Waals surface area contributed by atoms with Gasteiger partial charge < -0.3 is 19.8 Å². The van der Waals surface area contributed by atoms with E-state index in [4.69, 9.17) is 4.74 Å². The second-order valence-corrected chi connectivity index (χ2v) is 8.53. The molecule has 3 aromatic rings. The first-order valence-electron chi connectivity index (χ1n) is 11.1. The summed E-state index contributed by atoms with van der Waals surface area (Å²) in [6.07, 6.45) is -0.0328. The van der Waals surface area contributed by atoms with Crippen LogP contribution in [0.2, 0.25) is 0 Å². The van der Waals surface area contributed by atoms with Gasteiger partial charge in [0.05, 0.1) is 17.8 Å². The number of aliphatic carboxylic acids is 2. The van der Waals surface area contributed by atoms with Crippen molar-refractivity contribution in [3.05, 3.63) is 95.8 Å². The number of para-hydroxylation sites is 1. The number of carbonyl (C=O) groups is 3. The van der Waals surface area contributed by atoms with Crippen LogP contribution in [0, 0.1) is 23.6 Å². The van der Waals surface area contributed by atoms with Gasteiger partial charge >= 0.3 is 11.9 Å². The number of amides is 1. The number of rotatable bonds is 9. The molecule has 0 heterocycles. The van der Waals surface area contributed by atoms with Crippen molar-refractivity contribution in [1.29, 1.82) is 0 Å². The molecule has 180 valence electrons. The maximum Gasteiger partial charge on any atom is 0.308 e. The van der Waals surface area contributed by atoms with Crippen LogP contribution in [0.5, 0.6) is 11.5 Å². The number of halogens is 1. The molecule has 1 fully saturated rings. The fourth-order valence-electron chi connectivity index (χ4n) is 4.27. The molecule has 4 rings (SSSR count). The lowest BCUT2D eigenvalue weighted by Crippen LogP contribution is -2.53. The van der Waals surface area contributed by atoms with E-state index in [1.54, 1.807) is 36.4 Å². The predicted octanol–water partition coefficient (Wildman–Crippen LogP) is 4.57. The number of carbonyl (C=O) groups excluding carboxylic acids is 1. The van der Waals surface area contributed by atoms with E-state index in [0.717, 1.165) is 5.56 Å². The Morgan fingerprint density at radius 1 is 0.771 bits per heavy atom. The van der Waals surface area contributed by atoms with Crippen molar-refractivity contribution >= 4 is 17.8 Å². The minimum absolute atomic E-state index is 0.0328. The lowest BCUT2D eigenvalue weighted by atomic mass is 9.64. The Labute approximate surface area is 201 Å². The molecule has 0 spiro atoms. The number of hydrogen-bond donors (Lipinski definition) is 2. The van der Waals surface area contributed by atoms with Crippen LogP contribution in [0.25, 0.3) is 0 Å². The fraction of sp³-hybridized carbons (Fsp3) is 0.222. The normalized spacial score (nSPS) is 18.8. The molecule has 0 saturated heterocycles. The molecule has 0 radical (unpaired) electrons. The summed E-state index contributed by atoms with van der Waals surface area (Å²) in [4.78, 5) is 37.9. The van der Waals surface area contributed by atoms with E-state index in [1.807, 2.05) is 30.3 Å². The Kier molecular flexibility index (Phi) is 7.10. The zero-order valence-electron chi connectivity index (χ0n) is 18.7. The van der Waals surface area contributed by atoms with Gasteiger partial charge in [-0.05, 0) is 53.9 Å². The third-order valence-corrected chi connectivity index (χ3v) is 6.17. The fourth-order valence-corrected chi connectivity index (χ4v) is 4.27. The van der Waals surface area contributed by atoms with E-state index in [9.17, 15) is 29.0 Å². The molecule has 3 atom stereocenters. The first-order valence-corrected chi connectivity index (χ1v) is 11.1. The Bertz CT molecular complexity index is 1200. The predicted molar refractivity (Wildman–Crippen MR) is 124 cm³/mol. The Morgan fingerprint density at radius 2 is 1.31 bits per heavy atom. The van der Waals surface area contributed by atoms with Crippen LogP contribution < -0.4 is 4.74 Å². The molecule has 7 nitrogen and oxygen atoms in total. The van der Waals surface area contributed by atoms with Gasteiger partial charge in [-0.1, -0.05) is 42.5 Å². The average Bonchev–Trinajstić information content (AvgIpc) is 2.80. The highest BCUT2D eigenvalue weighted by atomic mass is 19.1. The lowest BCUT2D eigenvalue weighted by Gasteiger charge is -2.41. The van der Waals surface area contributed by atoms with Crippen molar-refractivity contribution in [2.75, 3.05) is 0 Å². The number of carboxylic acid groups (broad SMARTS) is 2. The summed E-state index contributed by atoms with van der Waals surface area (Å²) in [7, 11) is 0. The van der Waals surface area contributed by atoms with Gasteiger partial charge in [0.2, 0.25) is 5.91 Å². The van der Waals surface area contributed by atoms with Gasteiger partial charge in [0.15, 0.2) is 0 Å². The van der Waals surface area contributed by atoms with Crippen LogP contribution in [0.4, 0.5) is 4.39 Å². The molecule has 1 aliphatic rings. The third-order valence-electron chi connectivity index (χ3n) is 6.17. The van der Waals surface area contributed by atoms with E-state index in [-0.39, 0.29) is 19.5 Å². The second kappa shape index (κ2) is 10.4. The summed E-state index contributed by atoms with van der Waals surface area (Å²) in [6.45, 7) is 0.296.